The number of rotatable bonds is 3. The predicted molar refractivity (Wildman–Crippen MR) is 54.4 cm³/mol. The van der Waals surface area contributed by atoms with Crippen molar-refractivity contribution in [1.82, 2.24) is 4.98 Å². The summed E-state index contributed by atoms with van der Waals surface area (Å²) in [7, 11) is 0. The highest BCUT2D eigenvalue weighted by Crippen LogP contribution is 2.20. The molecule has 0 fully saturated rings. The van der Waals surface area contributed by atoms with E-state index in [1.807, 2.05) is 0 Å². The van der Waals surface area contributed by atoms with Crippen molar-refractivity contribution in [1.29, 1.82) is 0 Å². The van der Waals surface area contributed by atoms with E-state index in [0.717, 1.165) is 0 Å². The molecule has 1 aromatic carbocycles. The normalized spacial score (nSPS) is 10.5. The summed E-state index contributed by atoms with van der Waals surface area (Å²) in [6.45, 7) is 0. The standard InChI is InChI=1S/C10H6ClNO3/c11-4-8(14)6-2-1-3-7-10(6)15-9(5-13)12-7/h1-3,5H,4H2. The van der Waals surface area contributed by atoms with Crippen LogP contribution in [-0.4, -0.2) is 22.9 Å². The number of fused-ring (bicyclic) bond motifs is 1. The average Bonchev–Trinajstić information content (AvgIpc) is 2.70. The summed E-state index contributed by atoms with van der Waals surface area (Å²) >= 11 is 5.45. The number of carbonyl (C=O) groups is 2. The van der Waals surface area contributed by atoms with Crippen LogP contribution in [0.2, 0.25) is 0 Å². The summed E-state index contributed by atoms with van der Waals surface area (Å²) in [5.41, 5.74) is 1.14. The first-order chi connectivity index (χ1) is 7.26. The van der Waals surface area contributed by atoms with Gasteiger partial charge in [-0.3, -0.25) is 9.59 Å². The zero-order valence-electron chi connectivity index (χ0n) is 7.57. The third-order valence-corrected chi connectivity index (χ3v) is 2.20. The minimum atomic E-state index is -0.254. The van der Waals surface area contributed by atoms with Crippen LogP contribution in [-0.2, 0) is 0 Å². The van der Waals surface area contributed by atoms with Crippen molar-refractivity contribution in [2.45, 2.75) is 0 Å². The smallest absolute Gasteiger partial charge is 0.260 e. The Morgan fingerprint density at radius 3 is 3.00 bits per heavy atom. The number of carbonyl (C=O) groups excluding carboxylic acids is 2. The number of halogens is 1. The molecule has 2 aromatic rings. The fraction of sp³-hybridized carbons (Fsp3) is 0.100. The third kappa shape index (κ3) is 1.64. The van der Waals surface area contributed by atoms with E-state index in [2.05, 4.69) is 4.98 Å². The second-order valence-electron chi connectivity index (χ2n) is 2.88. The van der Waals surface area contributed by atoms with Gasteiger partial charge in [-0.1, -0.05) is 6.07 Å². The maximum atomic E-state index is 11.4. The summed E-state index contributed by atoms with van der Waals surface area (Å²) in [6.07, 6.45) is 0.495. The second kappa shape index (κ2) is 3.82. The molecule has 1 aromatic heterocycles. The van der Waals surface area contributed by atoms with E-state index in [0.29, 0.717) is 22.9 Å². The lowest BCUT2D eigenvalue weighted by Gasteiger charge is -1.95. The lowest BCUT2D eigenvalue weighted by atomic mass is 10.1. The number of hydrogen-bond donors (Lipinski definition) is 0. The van der Waals surface area contributed by atoms with Gasteiger partial charge in [-0.15, -0.1) is 11.6 Å². The fourth-order valence-corrected chi connectivity index (χ4v) is 1.45. The molecule has 0 bridgehead atoms. The zero-order chi connectivity index (χ0) is 10.8. The monoisotopic (exact) mass is 223 g/mol. The van der Waals surface area contributed by atoms with Crippen LogP contribution in [0.25, 0.3) is 11.1 Å². The van der Waals surface area contributed by atoms with E-state index in [4.69, 9.17) is 16.0 Å². The molecule has 0 radical (unpaired) electrons. The van der Waals surface area contributed by atoms with E-state index in [9.17, 15) is 9.59 Å². The van der Waals surface area contributed by atoms with E-state index in [1.54, 1.807) is 18.2 Å². The minimum absolute atomic E-state index is 0.0418. The minimum Gasteiger partial charge on any atom is -0.433 e. The number of hydrogen-bond acceptors (Lipinski definition) is 4. The molecule has 0 spiro atoms. The molecule has 4 nitrogen and oxygen atoms in total. The van der Waals surface area contributed by atoms with E-state index in [1.165, 1.54) is 0 Å². The van der Waals surface area contributed by atoms with Gasteiger partial charge in [0.25, 0.3) is 5.89 Å². The van der Waals surface area contributed by atoms with Crippen LogP contribution in [0.5, 0.6) is 0 Å². The highest BCUT2D eigenvalue weighted by Gasteiger charge is 2.14. The summed E-state index contributed by atoms with van der Waals surface area (Å²) in [4.78, 5) is 25.8. The molecular formula is C10H6ClNO3. The number of benzene rings is 1. The Hall–Kier alpha value is -1.68. The predicted octanol–water partition coefficient (Wildman–Crippen LogP) is 2.06. The van der Waals surface area contributed by atoms with Gasteiger partial charge in [0.1, 0.15) is 5.52 Å². The lowest BCUT2D eigenvalue weighted by Crippen LogP contribution is -1.99. The van der Waals surface area contributed by atoms with Crippen LogP contribution in [0.3, 0.4) is 0 Å². The molecule has 0 amide bonds. The average molecular weight is 224 g/mol. The molecule has 0 saturated carbocycles. The van der Waals surface area contributed by atoms with Gasteiger partial charge in [-0.2, -0.15) is 0 Å². The molecule has 1 heterocycles. The van der Waals surface area contributed by atoms with Crippen molar-refractivity contribution in [3.05, 3.63) is 29.7 Å². The first kappa shape index (κ1) is 9.86. The van der Waals surface area contributed by atoms with Gasteiger partial charge in [0, 0.05) is 0 Å². The molecule has 0 aliphatic rings. The van der Waals surface area contributed by atoms with Crippen molar-refractivity contribution < 1.29 is 14.0 Å². The highest BCUT2D eigenvalue weighted by molar-refractivity contribution is 6.31. The summed E-state index contributed by atoms with van der Waals surface area (Å²) < 4.78 is 5.11. The SMILES string of the molecule is O=Cc1nc2cccc(C(=O)CCl)c2o1. The van der Waals surface area contributed by atoms with Crippen LogP contribution in [0.1, 0.15) is 21.0 Å². The Kier molecular flexibility index (Phi) is 2.51. The van der Waals surface area contributed by atoms with Crippen LogP contribution in [0, 0.1) is 0 Å². The van der Waals surface area contributed by atoms with Crippen LogP contribution in [0.4, 0.5) is 0 Å². The second-order valence-corrected chi connectivity index (χ2v) is 3.15. The topological polar surface area (TPSA) is 60.2 Å². The summed E-state index contributed by atoms with van der Waals surface area (Å²) in [6, 6.07) is 4.92. The van der Waals surface area contributed by atoms with Gasteiger partial charge in [0.05, 0.1) is 11.4 Å². The number of aromatic nitrogens is 1. The largest absolute Gasteiger partial charge is 0.433 e. The van der Waals surface area contributed by atoms with Gasteiger partial charge in [-0.25, -0.2) is 4.98 Å². The van der Waals surface area contributed by atoms with Crippen LogP contribution < -0.4 is 0 Å². The number of alkyl halides is 1. The van der Waals surface area contributed by atoms with Gasteiger partial charge >= 0.3 is 0 Å². The number of para-hydroxylation sites is 1. The van der Waals surface area contributed by atoms with E-state index >= 15 is 0 Å². The van der Waals surface area contributed by atoms with Crippen LogP contribution >= 0.6 is 11.6 Å². The van der Waals surface area contributed by atoms with Gasteiger partial charge in [-0.05, 0) is 12.1 Å². The molecule has 5 heteroatoms. The Morgan fingerprint density at radius 1 is 1.53 bits per heavy atom. The van der Waals surface area contributed by atoms with Crippen LogP contribution in [0.15, 0.2) is 22.6 Å². The number of ketones is 1. The van der Waals surface area contributed by atoms with Crippen molar-refractivity contribution in [3.63, 3.8) is 0 Å². The number of Topliss-reactive ketones (excluding diaryl/α,β-unsaturated/α-hetero) is 1. The number of oxazole rings is 1. The number of nitrogens with zero attached hydrogens (tertiary/aromatic N) is 1. The van der Waals surface area contributed by atoms with Crippen molar-refractivity contribution in [2.24, 2.45) is 0 Å². The Balaban J connectivity index is 2.69. The molecular weight excluding hydrogens is 218 g/mol. The van der Waals surface area contributed by atoms with Gasteiger partial charge in [0.15, 0.2) is 11.4 Å². The van der Waals surface area contributed by atoms with E-state index < -0.39 is 0 Å². The van der Waals surface area contributed by atoms with E-state index in [-0.39, 0.29) is 17.6 Å². The summed E-state index contributed by atoms with van der Waals surface area (Å²) in [5.74, 6) is -0.424. The maximum absolute atomic E-state index is 11.4. The Bertz CT molecular complexity index is 532. The molecule has 2 rings (SSSR count). The van der Waals surface area contributed by atoms with Crippen molar-refractivity contribution in [2.75, 3.05) is 5.88 Å². The summed E-state index contributed by atoms with van der Waals surface area (Å²) in [5, 5.41) is 0. The fourth-order valence-electron chi connectivity index (χ4n) is 1.31. The maximum Gasteiger partial charge on any atom is 0.260 e. The van der Waals surface area contributed by atoms with Crippen molar-refractivity contribution in [3.8, 4) is 0 Å². The molecule has 15 heavy (non-hydrogen) atoms. The quantitative estimate of drug-likeness (QED) is 0.454. The zero-order valence-corrected chi connectivity index (χ0v) is 8.32. The highest BCUT2D eigenvalue weighted by atomic mass is 35.5. The van der Waals surface area contributed by atoms with Crippen molar-refractivity contribution >= 4 is 34.8 Å². The van der Waals surface area contributed by atoms with Gasteiger partial charge in [0.2, 0.25) is 6.29 Å². The lowest BCUT2D eigenvalue weighted by molar-refractivity contribution is 0.101. The molecule has 0 atom stereocenters. The molecule has 0 saturated heterocycles. The Labute approximate surface area is 89.8 Å². The van der Waals surface area contributed by atoms with Gasteiger partial charge < -0.3 is 4.42 Å². The molecule has 0 unspecified atom stereocenters. The first-order valence-electron chi connectivity index (χ1n) is 4.20. The Morgan fingerprint density at radius 2 is 2.33 bits per heavy atom. The third-order valence-electron chi connectivity index (χ3n) is 1.95. The molecule has 0 aliphatic carbocycles. The molecule has 0 N–H and O–H groups in total. The molecule has 76 valence electrons. The number of aldehydes is 1. The molecule has 0 aliphatic heterocycles. The first-order valence-corrected chi connectivity index (χ1v) is 4.73.